The van der Waals surface area contributed by atoms with Gasteiger partial charge in [-0.25, -0.2) is 0 Å². The molecule has 1 heterocycles. The van der Waals surface area contributed by atoms with Crippen LogP contribution in [-0.4, -0.2) is 38.6 Å². The highest BCUT2D eigenvalue weighted by Gasteiger charge is 2.24. The summed E-state index contributed by atoms with van der Waals surface area (Å²) in [6.07, 6.45) is 0. The first-order valence-electron chi connectivity index (χ1n) is 8.67. The highest BCUT2D eigenvalue weighted by Crippen LogP contribution is 2.27. The van der Waals surface area contributed by atoms with Crippen LogP contribution >= 0.6 is 11.3 Å². The van der Waals surface area contributed by atoms with Crippen molar-refractivity contribution in [1.29, 1.82) is 0 Å². The van der Waals surface area contributed by atoms with Gasteiger partial charge in [-0.15, -0.1) is 11.3 Å². The summed E-state index contributed by atoms with van der Waals surface area (Å²) in [5, 5.41) is 5.01. The van der Waals surface area contributed by atoms with Gasteiger partial charge in [0.15, 0.2) is 17.5 Å². The minimum Gasteiger partial charge on any atom is -0.493 e. The average molecular weight is 393 g/mol. The lowest BCUT2D eigenvalue weighted by Crippen LogP contribution is -3.12. The summed E-state index contributed by atoms with van der Waals surface area (Å²) < 4.78 is 10.9. The molecule has 2 amide bonds. The third-order valence-corrected chi connectivity index (χ3v) is 5.14. The molecule has 1 aromatic heterocycles. The molecule has 0 aliphatic rings. The molecule has 1 unspecified atom stereocenters. The molecule has 0 saturated carbocycles. The van der Waals surface area contributed by atoms with E-state index in [1.54, 1.807) is 18.6 Å². The van der Waals surface area contributed by atoms with E-state index in [1.807, 2.05) is 39.1 Å². The number of nitrogens with one attached hydrogen (secondary N) is 2. The summed E-state index contributed by atoms with van der Waals surface area (Å²) in [6, 6.07) is 7.04. The summed E-state index contributed by atoms with van der Waals surface area (Å²) in [5.74, 6) is 0.643. The Morgan fingerprint density at radius 3 is 2.67 bits per heavy atom. The molecule has 1 aromatic carbocycles. The van der Waals surface area contributed by atoms with Gasteiger partial charge >= 0.3 is 0 Å². The van der Waals surface area contributed by atoms with Crippen LogP contribution in [0.1, 0.15) is 29.8 Å². The number of carbonyl (C=O) groups is 2. The smallest absolute Gasteiger partial charge is 0.282 e. The summed E-state index contributed by atoms with van der Waals surface area (Å²) in [6.45, 7) is 4.95. The third-order valence-electron chi connectivity index (χ3n) is 4.31. The van der Waals surface area contributed by atoms with Gasteiger partial charge < -0.3 is 25.4 Å². The van der Waals surface area contributed by atoms with Gasteiger partial charge in [0.05, 0.1) is 26.3 Å². The lowest BCUT2D eigenvalue weighted by atomic mass is 10.1. The van der Waals surface area contributed by atoms with Gasteiger partial charge in [-0.3, -0.25) is 9.59 Å². The maximum absolute atomic E-state index is 12.6. The van der Waals surface area contributed by atoms with Gasteiger partial charge in [0.1, 0.15) is 11.5 Å². The minimum atomic E-state index is -0.554. The zero-order valence-electron chi connectivity index (χ0n) is 16.0. The average Bonchev–Trinajstić information content (AvgIpc) is 3.10. The first-order valence-corrected chi connectivity index (χ1v) is 9.55. The zero-order valence-corrected chi connectivity index (χ0v) is 16.8. The van der Waals surface area contributed by atoms with Gasteiger partial charge in [0, 0.05) is 5.56 Å². The number of quaternary nitrogens is 1. The van der Waals surface area contributed by atoms with Gasteiger partial charge in [0.25, 0.3) is 11.8 Å². The molecule has 0 bridgehead atoms. The van der Waals surface area contributed by atoms with Gasteiger partial charge in [-0.05, 0) is 43.5 Å². The van der Waals surface area contributed by atoms with Crippen LogP contribution in [0, 0.1) is 0 Å². The number of ether oxygens (including phenoxy) is 2. The molecule has 0 fully saturated rings. The first kappa shape index (κ1) is 20.7. The monoisotopic (exact) mass is 392 g/mol. The van der Waals surface area contributed by atoms with E-state index in [2.05, 4.69) is 5.32 Å². The second kappa shape index (κ2) is 9.38. The number of carbonyl (C=O) groups excluding carboxylic acids is 2. The van der Waals surface area contributed by atoms with Gasteiger partial charge in [-0.1, -0.05) is 0 Å². The molecule has 4 N–H and O–H groups in total. The molecule has 2 atom stereocenters. The number of thiophene rings is 1. The molecule has 27 heavy (non-hydrogen) atoms. The van der Waals surface area contributed by atoms with E-state index in [4.69, 9.17) is 15.2 Å². The Morgan fingerprint density at radius 1 is 1.30 bits per heavy atom. The van der Waals surface area contributed by atoms with E-state index in [0.717, 1.165) is 10.5 Å². The van der Waals surface area contributed by atoms with Crippen molar-refractivity contribution >= 4 is 28.2 Å². The second-order valence-corrected chi connectivity index (χ2v) is 7.10. The van der Waals surface area contributed by atoms with E-state index in [1.165, 1.54) is 11.3 Å². The van der Waals surface area contributed by atoms with Crippen molar-refractivity contribution in [3.63, 3.8) is 0 Å². The highest BCUT2D eigenvalue weighted by atomic mass is 32.1. The van der Waals surface area contributed by atoms with Crippen molar-refractivity contribution in [3.05, 3.63) is 40.8 Å². The Balaban J connectivity index is 2.04. The van der Waals surface area contributed by atoms with Crippen LogP contribution in [0.3, 0.4) is 0 Å². The number of amides is 2. The minimum absolute atomic E-state index is 0.171. The van der Waals surface area contributed by atoms with Gasteiger partial charge in [0.2, 0.25) is 0 Å². The number of primary amides is 1. The fourth-order valence-corrected chi connectivity index (χ4v) is 3.41. The van der Waals surface area contributed by atoms with Crippen LogP contribution in [0.25, 0.3) is 0 Å². The number of hydrogen-bond acceptors (Lipinski definition) is 5. The third kappa shape index (κ3) is 5.21. The molecular formula is C19H26N3O4S+. The Morgan fingerprint density at radius 2 is 2.04 bits per heavy atom. The molecular weight excluding hydrogens is 366 g/mol. The highest BCUT2D eigenvalue weighted by molar-refractivity contribution is 7.14. The summed E-state index contributed by atoms with van der Waals surface area (Å²) in [4.78, 5) is 24.9. The Bertz CT molecular complexity index is 806. The lowest BCUT2D eigenvalue weighted by molar-refractivity contribution is -0.907. The molecule has 0 aliphatic heterocycles. The number of rotatable bonds is 9. The van der Waals surface area contributed by atoms with Gasteiger partial charge in [-0.2, -0.15) is 0 Å². The Kier molecular flexibility index (Phi) is 7.20. The number of anilines is 1. The van der Waals surface area contributed by atoms with Crippen LogP contribution in [0.2, 0.25) is 0 Å². The predicted octanol–water partition coefficient (Wildman–Crippen LogP) is 1.30. The van der Waals surface area contributed by atoms with E-state index in [9.17, 15) is 9.59 Å². The maximum atomic E-state index is 12.6. The number of hydrogen-bond donors (Lipinski definition) is 3. The predicted molar refractivity (Wildman–Crippen MR) is 106 cm³/mol. The summed E-state index contributed by atoms with van der Waals surface area (Å²) in [7, 11) is 3.54. The van der Waals surface area contributed by atoms with Crippen LogP contribution in [-0.2, 0) is 11.3 Å². The van der Waals surface area contributed by atoms with Crippen molar-refractivity contribution in [2.24, 2.45) is 5.73 Å². The van der Waals surface area contributed by atoms with Crippen LogP contribution < -0.4 is 25.4 Å². The number of benzene rings is 1. The molecule has 2 rings (SSSR count). The topological polar surface area (TPSA) is 95.1 Å². The molecule has 0 saturated heterocycles. The first-order chi connectivity index (χ1) is 12.9. The van der Waals surface area contributed by atoms with Crippen LogP contribution in [0.15, 0.2) is 29.6 Å². The number of methoxy groups -OCH3 is 1. The molecule has 8 heteroatoms. The molecule has 7 nitrogen and oxygen atoms in total. The zero-order chi connectivity index (χ0) is 20.0. The SMILES string of the molecule is CCOc1ccc(C[NH+](C)[C@H](C)C(=O)Nc2sccc2C(N)=O)cc1OC. The molecule has 0 spiro atoms. The van der Waals surface area contributed by atoms with E-state index < -0.39 is 5.91 Å². The Hall–Kier alpha value is -2.58. The molecule has 0 radical (unpaired) electrons. The standard InChI is InChI=1S/C19H25N3O4S/c1-5-26-15-7-6-13(10-16(15)25-4)11-22(3)12(2)18(24)21-19-14(17(20)23)8-9-27-19/h6-10,12H,5,11H2,1-4H3,(H2,20,23)(H,21,24)/p+1/t12-/m1/s1. The number of likely N-dealkylation sites (N-methyl/N-ethyl adjacent to an activating group) is 1. The normalized spacial score (nSPS) is 12.9. The van der Waals surface area contributed by atoms with Crippen molar-refractivity contribution in [2.75, 3.05) is 26.1 Å². The maximum Gasteiger partial charge on any atom is 0.282 e. The fourth-order valence-electron chi connectivity index (χ4n) is 2.62. The quantitative estimate of drug-likeness (QED) is 0.599. The van der Waals surface area contributed by atoms with E-state index in [-0.39, 0.29) is 11.9 Å². The summed E-state index contributed by atoms with van der Waals surface area (Å²) >= 11 is 1.28. The largest absolute Gasteiger partial charge is 0.493 e. The van der Waals surface area contributed by atoms with Crippen LogP contribution in [0.5, 0.6) is 11.5 Å². The van der Waals surface area contributed by atoms with Crippen molar-refractivity contribution in [3.8, 4) is 11.5 Å². The van der Waals surface area contributed by atoms with Crippen molar-refractivity contribution in [1.82, 2.24) is 0 Å². The molecule has 146 valence electrons. The van der Waals surface area contributed by atoms with Crippen molar-refractivity contribution < 1.29 is 24.0 Å². The summed E-state index contributed by atoms with van der Waals surface area (Å²) in [5.41, 5.74) is 6.68. The van der Waals surface area contributed by atoms with E-state index in [0.29, 0.717) is 35.2 Å². The lowest BCUT2D eigenvalue weighted by Gasteiger charge is -2.21. The molecule has 0 aliphatic carbocycles. The fraction of sp³-hybridized carbons (Fsp3) is 0.368. The second-order valence-electron chi connectivity index (χ2n) is 6.18. The van der Waals surface area contributed by atoms with Crippen LogP contribution in [0.4, 0.5) is 5.00 Å². The molecule has 2 aromatic rings. The van der Waals surface area contributed by atoms with E-state index >= 15 is 0 Å². The van der Waals surface area contributed by atoms with Crippen molar-refractivity contribution in [2.45, 2.75) is 26.4 Å². The Labute approximate surface area is 163 Å². The number of nitrogens with two attached hydrogens (primary N) is 1.